The van der Waals surface area contributed by atoms with Crippen molar-refractivity contribution in [1.29, 1.82) is 0 Å². The Kier molecular flexibility index (Phi) is 7.96. The normalized spacial score (nSPS) is 14.9. The van der Waals surface area contributed by atoms with Gasteiger partial charge in [0.15, 0.2) is 0 Å². The number of amides is 1. The van der Waals surface area contributed by atoms with Crippen LogP contribution in [0.25, 0.3) is 0 Å². The molecule has 0 aliphatic heterocycles. The number of carbonyl (C=O) groups excluding carboxylic acids is 1. The summed E-state index contributed by atoms with van der Waals surface area (Å²) in [6.45, 7) is 5.92. The molecule has 0 aromatic heterocycles. The van der Waals surface area contributed by atoms with Crippen LogP contribution in [-0.2, 0) is 4.79 Å². The minimum absolute atomic E-state index is 0.0605. The molecule has 14 heavy (non-hydrogen) atoms. The van der Waals surface area contributed by atoms with Crippen LogP contribution < -0.4 is 5.32 Å². The van der Waals surface area contributed by atoms with Gasteiger partial charge in [0.1, 0.15) is 5.38 Å². The second-order valence-electron chi connectivity index (χ2n) is 3.87. The van der Waals surface area contributed by atoms with Crippen LogP contribution in [0.5, 0.6) is 0 Å². The Morgan fingerprint density at radius 1 is 1.29 bits per heavy atom. The first-order valence-corrected chi connectivity index (χ1v) is 5.96. The van der Waals surface area contributed by atoms with Crippen molar-refractivity contribution < 1.29 is 4.79 Å². The summed E-state index contributed by atoms with van der Waals surface area (Å²) in [6, 6.07) is 0.251. The number of unbranched alkanes of at least 4 members (excludes halogenated alkanes) is 3. The summed E-state index contributed by atoms with van der Waals surface area (Å²) in [7, 11) is 0. The summed E-state index contributed by atoms with van der Waals surface area (Å²) in [5.41, 5.74) is 0. The van der Waals surface area contributed by atoms with E-state index in [4.69, 9.17) is 11.6 Å². The zero-order valence-corrected chi connectivity index (χ0v) is 10.2. The summed E-state index contributed by atoms with van der Waals surface area (Å²) in [5.74, 6) is -0.0605. The molecule has 0 aliphatic rings. The standard InChI is InChI=1S/C11H22ClNO/c1-4-5-6-7-8-9(2)13-11(14)10(3)12/h9-10H,4-8H2,1-3H3,(H,13,14)/t9-,10-/m0/s1. The monoisotopic (exact) mass is 219 g/mol. The SMILES string of the molecule is CCCCCC[C@H](C)NC(=O)[C@H](C)Cl. The predicted molar refractivity (Wildman–Crippen MR) is 61.7 cm³/mol. The first-order chi connectivity index (χ1) is 6.57. The number of halogens is 1. The Labute approximate surface area is 92.4 Å². The lowest BCUT2D eigenvalue weighted by atomic mass is 10.1. The second kappa shape index (κ2) is 8.10. The molecular weight excluding hydrogens is 198 g/mol. The zero-order chi connectivity index (χ0) is 11.0. The lowest BCUT2D eigenvalue weighted by Crippen LogP contribution is -2.36. The third kappa shape index (κ3) is 7.19. The zero-order valence-electron chi connectivity index (χ0n) is 9.48. The molecule has 0 aromatic carbocycles. The highest BCUT2D eigenvalue weighted by atomic mass is 35.5. The van der Waals surface area contributed by atoms with E-state index in [-0.39, 0.29) is 11.9 Å². The summed E-state index contributed by atoms with van der Waals surface area (Å²) in [5, 5.41) is 2.46. The summed E-state index contributed by atoms with van der Waals surface area (Å²) in [4.78, 5) is 11.2. The Morgan fingerprint density at radius 2 is 1.93 bits per heavy atom. The predicted octanol–water partition coefficient (Wildman–Crippen LogP) is 3.09. The van der Waals surface area contributed by atoms with Crippen molar-refractivity contribution in [3.8, 4) is 0 Å². The average molecular weight is 220 g/mol. The molecule has 2 nitrogen and oxygen atoms in total. The maximum Gasteiger partial charge on any atom is 0.237 e. The van der Waals surface area contributed by atoms with Crippen LogP contribution in [0.1, 0.15) is 52.9 Å². The Hall–Kier alpha value is -0.240. The molecule has 0 rings (SSSR count). The van der Waals surface area contributed by atoms with Crippen molar-refractivity contribution in [2.75, 3.05) is 0 Å². The van der Waals surface area contributed by atoms with E-state index in [9.17, 15) is 4.79 Å². The lowest BCUT2D eigenvalue weighted by Gasteiger charge is -2.14. The van der Waals surface area contributed by atoms with Gasteiger partial charge in [-0.25, -0.2) is 0 Å². The molecule has 84 valence electrons. The molecule has 2 atom stereocenters. The van der Waals surface area contributed by atoms with Gasteiger partial charge in [0.2, 0.25) is 5.91 Å². The molecule has 0 bridgehead atoms. The van der Waals surface area contributed by atoms with E-state index in [1.807, 2.05) is 6.92 Å². The lowest BCUT2D eigenvalue weighted by molar-refractivity contribution is -0.121. The van der Waals surface area contributed by atoms with E-state index in [0.717, 1.165) is 6.42 Å². The Morgan fingerprint density at radius 3 is 2.43 bits per heavy atom. The highest BCUT2D eigenvalue weighted by Crippen LogP contribution is 2.05. The van der Waals surface area contributed by atoms with Gasteiger partial charge < -0.3 is 5.32 Å². The third-order valence-electron chi connectivity index (χ3n) is 2.24. The van der Waals surface area contributed by atoms with E-state index < -0.39 is 5.38 Å². The first-order valence-electron chi connectivity index (χ1n) is 5.52. The van der Waals surface area contributed by atoms with Crippen molar-refractivity contribution in [3.05, 3.63) is 0 Å². The molecule has 0 saturated carbocycles. The molecular formula is C11H22ClNO. The maximum atomic E-state index is 11.2. The van der Waals surface area contributed by atoms with E-state index in [2.05, 4.69) is 12.2 Å². The van der Waals surface area contributed by atoms with Crippen LogP contribution in [0, 0.1) is 0 Å². The number of carbonyl (C=O) groups is 1. The van der Waals surface area contributed by atoms with E-state index in [1.54, 1.807) is 6.92 Å². The van der Waals surface area contributed by atoms with Crippen LogP contribution in [0.4, 0.5) is 0 Å². The third-order valence-corrected chi connectivity index (χ3v) is 2.44. The highest BCUT2D eigenvalue weighted by molar-refractivity contribution is 6.30. The van der Waals surface area contributed by atoms with Crippen LogP contribution >= 0.6 is 11.6 Å². The molecule has 1 N–H and O–H groups in total. The number of nitrogens with one attached hydrogen (secondary N) is 1. The van der Waals surface area contributed by atoms with Crippen LogP contribution in [0.2, 0.25) is 0 Å². The van der Waals surface area contributed by atoms with Crippen molar-refractivity contribution in [2.24, 2.45) is 0 Å². The van der Waals surface area contributed by atoms with Crippen LogP contribution in [-0.4, -0.2) is 17.3 Å². The second-order valence-corrected chi connectivity index (χ2v) is 4.53. The van der Waals surface area contributed by atoms with E-state index in [0.29, 0.717) is 0 Å². The molecule has 0 heterocycles. The first kappa shape index (κ1) is 13.8. The van der Waals surface area contributed by atoms with Crippen molar-refractivity contribution in [2.45, 2.75) is 64.3 Å². The largest absolute Gasteiger partial charge is 0.352 e. The average Bonchev–Trinajstić information content (AvgIpc) is 2.12. The molecule has 0 aromatic rings. The number of hydrogen-bond donors (Lipinski definition) is 1. The highest BCUT2D eigenvalue weighted by Gasteiger charge is 2.11. The van der Waals surface area contributed by atoms with Gasteiger partial charge in [-0.2, -0.15) is 0 Å². The Bertz CT molecular complexity index is 159. The van der Waals surface area contributed by atoms with Crippen LogP contribution in [0.15, 0.2) is 0 Å². The van der Waals surface area contributed by atoms with Gasteiger partial charge in [0.05, 0.1) is 0 Å². The summed E-state index contributed by atoms with van der Waals surface area (Å²) < 4.78 is 0. The summed E-state index contributed by atoms with van der Waals surface area (Å²) in [6.07, 6.45) is 6.03. The van der Waals surface area contributed by atoms with Gasteiger partial charge in [-0.15, -0.1) is 11.6 Å². The molecule has 1 amide bonds. The fraction of sp³-hybridized carbons (Fsp3) is 0.909. The molecule has 0 fully saturated rings. The Balaban J connectivity index is 3.45. The van der Waals surface area contributed by atoms with Gasteiger partial charge in [-0.05, 0) is 20.3 Å². The maximum absolute atomic E-state index is 11.2. The van der Waals surface area contributed by atoms with Crippen molar-refractivity contribution in [1.82, 2.24) is 5.32 Å². The molecule has 0 spiro atoms. The van der Waals surface area contributed by atoms with E-state index in [1.165, 1.54) is 25.7 Å². The molecule has 3 heteroatoms. The van der Waals surface area contributed by atoms with Gasteiger partial charge in [0, 0.05) is 6.04 Å². The minimum Gasteiger partial charge on any atom is -0.352 e. The van der Waals surface area contributed by atoms with E-state index >= 15 is 0 Å². The fourth-order valence-corrected chi connectivity index (χ4v) is 1.37. The smallest absolute Gasteiger partial charge is 0.237 e. The topological polar surface area (TPSA) is 29.1 Å². The molecule has 0 saturated heterocycles. The number of rotatable bonds is 7. The minimum atomic E-state index is -0.423. The van der Waals surface area contributed by atoms with Gasteiger partial charge in [0.25, 0.3) is 0 Å². The molecule has 0 unspecified atom stereocenters. The van der Waals surface area contributed by atoms with Gasteiger partial charge in [-0.3, -0.25) is 4.79 Å². The van der Waals surface area contributed by atoms with Crippen molar-refractivity contribution >= 4 is 17.5 Å². The van der Waals surface area contributed by atoms with Gasteiger partial charge in [-0.1, -0.05) is 32.6 Å². The molecule has 0 aliphatic carbocycles. The number of alkyl halides is 1. The summed E-state index contributed by atoms with van der Waals surface area (Å²) >= 11 is 5.64. The molecule has 0 radical (unpaired) electrons. The van der Waals surface area contributed by atoms with Gasteiger partial charge >= 0.3 is 0 Å². The van der Waals surface area contributed by atoms with Crippen molar-refractivity contribution in [3.63, 3.8) is 0 Å². The number of hydrogen-bond acceptors (Lipinski definition) is 1. The van der Waals surface area contributed by atoms with Crippen LogP contribution in [0.3, 0.4) is 0 Å². The quantitative estimate of drug-likeness (QED) is 0.518. The fourth-order valence-electron chi connectivity index (χ4n) is 1.31.